The van der Waals surface area contributed by atoms with Crippen molar-refractivity contribution in [3.05, 3.63) is 47.5 Å². The van der Waals surface area contributed by atoms with Gasteiger partial charge in [-0.2, -0.15) is 4.98 Å². The molecule has 1 saturated carbocycles. The van der Waals surface area contributed by atoms with Gasteiger partial charge in [0.05, 0.1) is 6.42 Å². The zero-order valence-corrected chi connectivity index (χ0v) is 18.2. The molecule has 0 saturated heterocycles. The van der Waals surface area contributed by atoms with Crippen molar-refractivity contribution in [2.75, 3.05) is 5.32 Å². The molecule has 10 heteroatoms. The molecule has 0 bridgehead atoms. The van der Waals surface area contributed by atoms with Crippen molar-refractivity contribution in [1.82, 2.24) is 10.1 Å². The van der Waals surface area contributed by atoms with Crippen molar-refractivity contribution in [3.63, 3.8) is 0 Å². The lowest BCUT2D eigenvalue weighted by molar-refractivity contribution is -0.274. The van der Waals surface area contributed by atoms with E-state index >= 15 is 0 Å². The first kappa shape index (κ1) is 22.2. The number of hydrogen-bond acceptors (Lipinski definition) is 6. The molecule has 5 rings (SSSR count). The Balaban J connectivity index is 1.41. The van der Waals surface area contributed by atoms with E-state index in [0.717, 1.165) is 29.7 Å². The van der Waals surface area contributed by atoms with Gasteiger partial charge in [0.1, 0.15) is 5.75 Å². The van der Waals surface area contributed by atoms with Gasteiger partial charge in [-0.3, -0.25) is 4.79 Å². The number of hydrogen-bond donors (Lipinski definition) is 2. The molecule has 1 fully saturated rings. The van der Waals surface area contributed by atoms with Crippen LogP contribution in [0.2, 0.25) is 0 Å². The maximum absolute atomic E-state index is 12.7. The molecular weight excluding hydrogens is 451 g/mol. The summed E-state index contributed by atoms with van der Waals surface area (Å²) >= 11 is 0. The molecule has 0 radical (unpaired) electrons. The summed E-state index contributed by atoms with van der Waals surface area (Å²) in [6.07, 6.45) is -2.41. The first-order valence-electron chi connectivity index (χ1n) is 11.1. The summed E-state index contributed by atoms with van der Waals surface area (Å²) in [7, 11) is 0. The van der Waals surface area contributed by atoms with Gasteiger partial charge in [0.2, 0.25) is 5.82 Å². The summed E-state index contributed by atoms with van der Waals surface area (Å²) in [5.74, 6) is -0.423. The van der Waals surface area contributed by atoms with Crippen molar-refractivity contribution >= 4 is 11.7 Å². The Labute approximate surface area is 192 Å². The van der Waals surface area contributed by atoms with E-state index in [-0.39, 0.29) is 35.9 Å². The first-order chi connectivity index (χ1) is 16.2. The van der Waals surface area contributed by atoms with Crippen LogP contribution in [0.15, 0.2) is 40.9 Å². The van der Waals surface area contributed by atoms with Crippen molar-refractivity contribution in [1.29, 1.82) is 0 Å². The van der Waals surface area contributed by atoms with Crippen molar-refractivity contribution in [2.24, 2.45) is 5.92 Å². The quantitative estimate of drug-likeness (QED) is 0.479. The number of aromatic nitrogens is 2. The molecule has 3 unspecified atom stereocenters. The van der Waals surface area contributed by atoms with Gasteiger partial charge in [0.25, 0.3) is 5.89 Å². The smallest absolute Gasteiger partial charge is 0.481 e. The normalized spacial score (nSPS) is 21.1. The molecule has 2 heterocycles. The van der Waals surface area contributed by atoms with Crippen LogP contribution in [0.4, 0.5) is 18.9 Å². The second kappa shape index (κ2) is 8.34. The fourth-order valence-corrected chi connectivity index (χ4v) is 5.06. The molecule has 7 nitrogen and oxygen atoms in total. The van der Waals surface area contributed by atoms with Crippen LogP contribution in [0.3, 0.4) is 0 Å². The molecule has 2 N–H and O–H groups in total. The summed E-state index contributed by atoms with van der Waals surface area (Å²) in [6, 6.07) is 10.1. The highest BCUT2D eigenvalue weighted by Gasteiger charge is 2.43. The molecule has 2 aliphatic rings. The number of aryl methyl sites for hydroxylation is 1. The number of fused-ring (bicyclic) bond motifs is 3. The standard InChI is InChI=1S/C24H22F3N3O4/c1-2-12-7-15(9-16(8-12)33-24(25,26)27)23-29-22(30-34-23)14-4-6-19-18(10-14)17-5-3-13(11-20(31)32)21(17)28-19/h4,6-10,13,17,21,28H,2-3,5,11H2,1H3,(H,31,32). The lowest BCUT2D eigenvalue weighted by Crippen LogP contribution is -2.25. The van der Waals surface area contributed by atoms with Gasteiger partial charge in [0.15, 0.2) is 0 Å². The molecule has 1 aliphatic heterocycles. The number of anilines is 1. The molecule has 0 spiro atoms. The Hall–Kier alpha value is -3.56. The number of benzene rings is 2. The molecule has 3 atom stereocenters. The van der Waals surface area contributed by atoms with Crippen LogP contribution in [0, 0.1) is 5.92 Å². The van der Waals surface area contributed by atoms with Gasteiger partial charge in [-0.25, -0.2) is 0 Å². The lowest BCUT2D eigenvalue weighted by Gasteiger charge is -2.17. The fourth-order valence-electron chi connectivity index (χ4n) is 5.06. The summed E-state index contributed by atoms with van der Waals surface area (Å²) < 4.78 is 47.6. The summed E-state index contributed by atoms with van der Waals surface area (Å²) in [5.41, 5.74) is 3.77. The average Bonchev–Trinajstić information content (AvgIpc) is 3.48. The number of carboxylic acids is 1. The second-order valence-corrected chi connectivity index (χ2v) is 8.70. The van der Waals surface area contributed by atoms with E-state index in [4.69, 9.17) is 4.52 Å². The molecule has 1 aromatic heterocycles. The van der Waals surface area contributed by atoms with Crippen LogP contribution in [-0.2, 0) is 11.2 Å². The van der Waals surface area contributed by atoms with Crippen molar-refractivity contribution in [3.8, 4) is 28.6 Å². The number of carbonyl (C=O) groups is 1. The number of rotatable bonds is 6. The van der Waals surface area contributed by atoms with Crippen LogP contribution in [0.5, 0.6) is 5.75 Å². The average molecular weight is 473 g/mol. The predicted molar refractivity (Wildman–Crippen MR) is 116 cm³/mol. The minimum atomic E-state index is -4.80. The Kier molecular flexibility index (Phi) is 5.45. The van der Waals surface area contributed by atoms with E-state index in [2.05, 4.69) is 20.2 Å². The third kappa shape index (κ3) is 4.32. The number of aliphatic carboxylic acids is 1. The van der Waals surface area contributed by atoms with Gasteiger partial charge >= 0.3 is 12.3 Å². The number of ether oxygens (including phenoxy) is 1. The number of carboxylic acid groups (broad SMARTS) is 1. The second-order valence-electron chi connectivity index (χ2n) is 8.70. The monoisotopic (exact) mass is 473 g/mol. The number of alkyl halides is 3. The minimum absolute atomic E-state index is 0.0779. The van der Waals surface area contributed by atoms with Gasteiger partial charge in [0, 0.05) is 28.8 Å². The highest BCUT2D eigenvalue weighted by atomic mass is 19.4. The Bertz CT molecular complexity index is 1240. The summed E-state index contributed by atoms with van der Waals surface area (Å²) in [6.45, 7) is 1.83. The largest absolute Gasteiger partial charge is 0.573 e. The third-order valence-electron chi connectivity index (χ3n) is 6.54. The summed E-state index contributed by atoms with van der Waals surface area (Å²) in [5, 5.41) is 16.7. The molecule has 1 aliphatic carbocycles. The molecule has 178 valence electrons. The van der Waals surface area contributed by atoms with E-state index in [1.807, 2.05) is 25.1 Å². The van der Waals surface area contributed by atoms with Crippen molar-refractivity contribution in [2.45, 2.75) is 50.9 Å². The van der Waals surface area contributed by atoms with E-state index < -0.39 is 12.3 Å². The van der Waals surface area contributed by atoms with Crippen LogP contribution in [0.25, 0.3) is 22.8 Å². The zero-order chi connectivity index (χ0) is 24.0. The number of nitrogens with zero attached hydrogens (tertiary/aromatic N) is 2. The molecule has 2 aromatic carbocycles. The van der Waals surface area contributed by atoms with Crippen LogP contribution in [0.1, 0.15) is 43.2 Å². The zero-order valence-electron chi connectivity index (χ0n) is 18.2. The SMILES string of the molecule is CCc1cc(OC(F)(F)F)cc(-c2nc(-c3ccc4c(c3)C3CCC(CC(=O)O)C3N4)no2)c1. The lowest BCUT2D eigenvalue weighted by atomic mass is 9.93. The van der Waals surface area contributed by atoms with Gasteiger partial charge in [-0.05, 0) is 72.7 Å². The van der Waals surface area contributed by atoms with Crippen LogP contribution >= 0.6 is 0 Å². The number of halogens is 3. The minimum Gasteiger partial charge on any atom is -0.481 e. The van der Waals surface area contributed by atoms with Gasteiger partial charge < -0.3 is 19.7 Å². The van der Waals surface area contributed by atoms with Crippen LogP contribution in [-0.4, -0.2) is 33.6 Å². The highest BCUT2D eigenvalue weighted by Crippen LogP contribution is 2.49. The Morgan fingerprint density at radius 3 is 2.76 bits per heavy atom. The van der Waals surface area contributed by atoms with E-state index in [9.17, 15) is 23.1 Å². The topological polar surface area (TPSA) is 97.5 Å². The van der Waals surface area contributed by atoms with Gasteiger partial charge in [-0.15, -0.1) is 13.2 Å². The molecule has 3 aromatic rings. The van der Waals surface area contributed by atoms with Gasteiger partial charge in [-0.1, -0.05) is 12.1 Å². The molecule has 34 heavy (non-hydrogen) atoms. The first-order valence-corrected chi connectivity index (χ1v) is 11.1. The maximum Gasteiger partial charge on any atom is 0.573 e. The number of nitrogens with one attached hydrogen (secondary N) is 1. The van der Waals surface area contributed by atoms with Crippen LogP contribution < -0.4 is 10.1 Å². The predicted octanol–water partition coefficient (Wildman–Crippen LogP) is 5.63. The van der Waals surface area contributed by atoms with E-state index in [0.29, 0.717) is 23.4 Å². The Morgan fingerprint density at radius 1 is 1.21 bits per heavy atom. The molecule has 0 amide bonds. The van der Waals surface area contributed by atoms with E-state index in [1.54, 1.807) is 6.07 Å². The fraction of sp³-hybridized carbons (Fsp3) is 0.375. The van der Waals surface area contributed by atoms with Crippen molar-refractivity contribution < 1.29 is 32.3 Å². The maximum atomic E-state index is 12.7. The highest BCUT2D eigenvalue weighted by molar-refractivity contribution is 5.71. The summed E-state index contributed by atoms with van der Waals surface area (Å²) in [4.78, 5) is 15.6. The third-order valence-corrected chi connectivity index (χ3v) is 6.54. The Morgan fingerprint density at radius 2 is 2.03 bits per heavy atom. The molecular formula is C24H22F3N3O4. The van der Waals surface area contributed by atoms with E-state index in [1.165, 1.54) is 12.1 Å².